The first kappa shape index (κ1) is 16.4. The van der Waals surface area contributed by atoms with Crippen LogP contribution in [0.3, 0.4) is 0 Å². The number of amides is 1. The molecule has 5 heteroatoms. The molecule has 1 rings (SSSR count). The first-order chi connectivity index (χ1) is 9.25. The minimum atomic E-state index is -0.534. The van der Waals surface area contributed by atoms with E-state index >= 15 is 0 Å². The zero-order valence-corrected chi connectivity index (χ0v) is 12.9. The van der Waals surface area contributed by atoms with E-state index in [1.54, 1.807) is 13.2 Å². The first-order valence-electron chi connectivity index (χ1n) is 6.79. The number of pyridine rings is 1. The Balaban J connectivity index is 2.94. The molecule has 0 aliphatic carbocycles. The highest BCUT2D eigenvalue weighted by Gasteiger charge is 2.22. The van der Waals surface area contributed by atoms with Crippen LogP contribution >= 0.6 is 0 Å². The van der Waals surface area contributed by atoms with Gasteiger partial charge >= 0.3 is 0 Å². The Morgan fingerprint density at radius 3 is 2.60 bits per heavy atom. The maximum Gasteiger partial charge on any atom is 0.271 e. The van der Waals surface area contributed by atoms with Crippen molar-refractivity contribution in [3.05, 3.63) is 27.7 Å². The lowest BCUT2D eigenvalue weighted by Gasteiger charge is -2.18. The van der Waals surface area contributed by atoms with E-state index in [1.807, 2.05) is 27.7 Å². The number of nitrogens with one attached hydrogen (secondary N) is 2. The smallest absolute Gasteiger partial charge is 0.271 e. The van der Waals surface area contributed by atoms with Gasteiger partial charge in [0.15, 0.2) is 0 Å². The van der Waals surface area contributed by atoms with Gasteiger partial charge in [-0.15, -0.1) is 0 Å². The van der Waals surface area contributed by atoms with Gasteiger partial charge in [0, 0.05) is 24.8 Å². The van der Waals surface area contributed by atoms with E-state index in [0.29, 0.717) is 12.3 Å². The van der Waals surface area contributed by atoms with Gasteiger partial charge < -0.3 is 15.0 Å². The fourth-order valence-corrected chi connectivity index (χ4v) is 1.74. The fourth-order valence-electron chi connectivity index (χ4n) is 1.74. The summed E-state index contributed by atoms with van der Waals surface area (Å²) < 4.78 is 5.02. The van der Waals surface area contributed by atoms with Crippen LogP contribution in [0.5, 0.6) is 0 Å². The van der Waals surface area contributed by atoms with Crippen LogP contribution < -0.4 is 10.9 Å². The van der Waals surface area contributed by atoms with Crippen molar-refractivity contribution >= 4 is 11.6 Å². The summed E-state index contributed by atoms with van der Waals surface area (Å²) in [5.74, 6) is -0.172. The molecule has 0 radical (unpaired) electrons. The molecule has 0 saturated heterocycles. The molecule has 1 heterocycles. The van der Waals surface area contributed by atoms with Gasteiger partial charge in [0.1, 0.15) is 5.69 Å². The van der Waals surface area contributed by atoms with Gasteiger partial charge in [0.2, 0.25) is 5.91 Å². The summed E-state index contributed by atoms with van der Waals surface area (Å²) in [5.41, 5.74) is 1.36. The Morgan fingerprint density at radius 2 is 2.05 bits per heavy atom. The van der Waals surface area contributed by atoms with Crippen molar-refractivity contribution in [3.8, 4) is 0 Å². The maximum atomic E-state index is 12.0. The highest BCUT2D eigenvalue weighted by Crippen LogP contribution is 2.17. The van der Waals surface area contributed by atoms with Gasteiger partial charge in [-0.05, 0) is 31.4 Å². The second kappa shape index (κ2) is 6.70. The van der Waals surface area contributed by atoms with Gasteiger partial charge in [-0.2, -0.15) is 0 Å². The number of hydrogen-bond donors (Lipinski definition) is 2. The van der Waals surface area contributed by atoms with Crippen molar-refractivity contribution in [1.82, 2.24) is 4.98 Å². The van der Waals surface area contributed by atoms with E-state index in [9.17, 15) is 9.59 Å². The van der Waals surface area contributed by atoms with Gasteiger partial charge in [-0.1, -0.05) is 20.8 Å². The van der Waals surface area contributed by atoms with Crippen molar-refractivity contribution < 1.29 is 9.53 Å². The van der Waals surface area contributed by atoms with Crippen molar-refractivity contribution in [2.24, 2.45) is 5.41 Å². The van der Waals surface area contributed by atoms with Crippen molar-refractivity contribution in [2.75, 3.05) is 19.0 Å². The quantitative estimate of drug-likeness (QED) is 0.813. The van der Waals surface area contributed by atoms with Crippen LogP contribution in [0.15, 0.2) is 10.9 Å². The number of carbonyl (C=O) groups excluding carboxylic acids is 1. The highest BCUT2D eigenvalue weighted by molar-refractivity contribution is 5.94. The molecule has 1 amide bonds. The zero-order valence-electron chi connectivity index (χ0n) is 12.9. The average Bonchev–Trinajstić information content (AvgIpc) is 2.33. The number of methoxy groups -OCH3 is 1. The molecule has 0 aliphatic rings. The number of aromatic amines is 1. The molecule has 0 saturated carbocycles. The zero-order chi connectivity index (χ0) is 15.3. The molecule has 2 N–H and O–H groups in total. The van der Waals surface area contributed by atoms with Gasteiger partial charge in [0.25, 0.3) is 5.56 Å². The Kier molecular flexibility index (Phi) is 5.51. The van der Waals surface area contributed by atoms with Crippen LogP contribution in [0, 0.1) is 12.3 Å². The molecule has 1 aromatic rings. The number of aryl methyl sites for hydroxylation is 2. The summed E-state index contributed by atoms with van der Waals surface area (Å²) >= 11 is 0. The minimum absolute atomic E-state index is 0.172. The third-order valence-electron chi connectivity index (χ3n) is 3.07. The van der Waals surface area contributed by atoms with E-state index in [0.717, 1.165) is 24.1 Å². The van der Waals surface area contributed by atoms with Crippen LogP contribution in [0.2, 0.25) is 0 Å². The second-order valence-corrected chi connectivity index (χ2v) is 5.96. The Morgan fingerprint density at radius 1 is 1.40 bits per heavy atom. The van der Waals surface area contributed by atoms with Crippen molar-refractivity contribution in [1.29, 1.82) is 0 Å². The standard InChI is InChI=1S/C15H24N2O3/c1-10-11(7-6-8-20-5)9-12(13(18)16-10)17-14(19)15(2,3)4/h9H,6-8H2,1-5H3,(H,16,18)(H,17,19). The van der Waals surface area contributed by atoms with E-state index in [2.05, 4.69) is 10.3 Å². The second-order valence-electron chi connectivity index (χ2n) is 5.96. The molecule has 0 aliphatic heterocycles. The molecular weight excluding hydrogens is 256 g/mol. The Labute approximate surface area is 119 Å². The third-order valence-corrected chi connectivity index (χ3v) is 3.07. The van der Waals surface area contributed by atoms with Crippen molar-refractivity contribution in [3.63, 3.8) is 0 Å². The Hall–Kier alpha value is -1.62. The molecular formula is C15H24N2O3. The number of anilines is 1. The lowest BCUT2D eigenvalue weighted by Crippen LogP contribution is -2.30. The fraction of sp³-hybridized carbons (Fsp3) is 0.600. The van der Waals surface area contributed by atoms with E-state index in [-0.39, 0.29) is 11.5 Å². The number of ether oxygens (including phenoxy) is 1. The predicted octanol–water partition coefficient (Wildman–Crippen LogP) is 2.25. The predicted molar refractivity (Wildman–Crippen MR) is 80.1 cm³/mol. The van der Waals surface area contributed by atoms with E-state index in [4.69, 9.17) is 4.74 Å². The number of rotatable bonds is 5. The number of aromatic nitrogens is 1. The van der Waals surface area contributed by atoms with Crippen LogP contribution in [-0.4, -0.2) is 24.6 Å². The molecule has 0 unspecified atom stereocenters. The topological polar surface area (TPSA) is 71.2 Å². The van der Waals surface area contributed by atoms with Crippen LogP contribution in [-0.2, 0) is 16.0 Å². The minimum Gasteiger partial charge on any atom is -0.385 e. The molecule has 1 aromatic heterocycles. The number of carbonyl (C=O) groups is 1. The summed E-state index contributed by atoms with van der Waals surface area (Å²) in [4.78, 5) is 26.6. The number of hydrogen-bond acceptors (Lipinski definition) is 3. The van der Waals surface area contributed by atoms with Crippen molar-refractivity contribution in [2.45, 2.75) is 40.5 Å². The summed E-state index contributed by atoms with van der Waals surface area (Å²) in [5, 5.41) is 2.69. The van der Waals surface area contributed by atoms with Gasteiger partial charge in [-0.25, -0.2) is 0 Å². The lowest BCUT2D eigenvalue weighted by atomic mass is 9.95. The highest BCUT2D eigenvalue weighted by atomic mass is 16.5. The average molecular weight is 280 g/mol. The molecule has 112 valence electrons. The van der Waals surface area contributed by atoms with Crippen LogP contribution in [0.4, 0.5) is 5.69 Å². The molecule has 0 bridgehead atoms. The summed E-state index contributed by atoms with van der Waals surface area (Å²) in [7, 11) is 1.66. The molecule has 0 spiro atoms. The summed E-state index contributed by atoms with van der Waals surface area (Å²) in [6.45, 7) is 7.96. The van der Waals surface area contributed by atoms with E-state index in [1.165, 1.54) is 0 Å². The summed E-state index contributed by atoms with van der Waals surface area (Å²) in [6.07, 6.45) is 1.67. The SMILES string of the molecule is COCCCc1cc(NC(=O)C(C)(C)C)c(=O)[nH]c1C. The maximum absolute atomic E-state index is 12.0. The molecule has 0 atom stereocenters. The Bertz CT molecular complexity index is 527. The van der Waals surface area contributed by atoms with Gasteiger partial charge in [-0.3, -0.25) is 9.59 Å². The lowest BCUT2D eigenvalue weighted by molar-refractivity contribution is -0.123. The largest absolute Gasteiger partial charge is 0.385 e. The van der Waals surface area contributed by atoms with E-state index < -0.39 is 5.41 Å². The molecule has 0 aromatic carbocycles. The van der Waals surface area contributed by atoms with Crippen LogP contribution in [0.25, 0.3) is 0 Å². The third kappa shape index (κ3) is 4.49. The van der Waals surface area contributed by atoms with Crippen LogP contribution in [0.1, 0.15) is 38.4 Å². The van der Waals surface area contributed by atoms with Gasteiger partial charge in [0.05, 0.1) is 0 Å². The number of H-pyrrole nitrogens is 1. The monoisotopic (exact) mass is 280 g/mol. The first-order valence-corrected chi connectivity index (χ1v) is 6.79. The molecule has 5 nitrogen and oxygen atoms in total. The normalized spacial score (nSPS) is 11.4. The molecule has 0 fully saturated rings. The molecule has 20 heavy (non-hydrogen) atoms. The summed E-state index contributed by atoms with van der Waals surface area (Å²) in [6, 6.07) is 1.76.